The summed E-state index contributed by atoms with van der Waals surface area (Å²) in [7, 11) is -3.27. The molecule has 1 amide bonds. The smallest absolute Gasteiger partial charge is 0.249 e. The normalized spacial score (nSPS) is 11.8. The topological polar surface area (TPSA) is 82.2 Å². The highest BCUT2D eigenvalue weighted by Gasteiger charge is 2.17. The Morgan fingerprint density at radius 2 is 1.56 bits per heavy atom. The van der Waals surface area contributed by atoms with Crippen molar-refractivity contribution in [3.8, 4) is 11.1 Å². The molecule has 5 nitrogen and oxygen atoms in total. The number of fused-ring (bicyclic) bond motifs is 3. The van der Waals surface area contributed by atoms with Crippen LogP contribution in [0.1, 0.15) is 15.9 Å². The third-order valence-electron chi connectivity index (χ3n) is 6.03. The van der Waals surface area contributed by atoms with E-state index < -0.39 is 15.7 Å². The van der Waals surface area contributed by atoms with Crippen LogP contribution in [0.3, 0.4) is 0 Å². The van der Waals surface area contributed by atoms with E-state index in [0.717, 1.165) is 38.5 Å². The first-order valence-corrected chi connectivity index (χ1v) is 12.9. The monoisotopic (exact) mass is 488 g/mol. The van der Waals surface area contributed by atoms with Crippen molar-refractivity contribution in [1.29, 1.82) is 0 Å². The Morgan fingerprint density at radius 3 is 2.21 bits per heavy atom. The fraction of sp³-hybridized carbons (Fsp3) is 0.0741. The van der Waals surface area contributed by atoms with Crippen LogP contribution in [-0.2, 0) is 16.4 Å². The Kier molecular flexibility index (Phi) is 5.42. The number of carbonyl (C=O) groups is 1. The molecule has 0 saturated carbocycles. The van der Waals surface area contributed by atoms with E-state index in [0.29, 0.717) is 17.1 Å². The van der Waals surface area contributed by atoms with Gasteiger partial charge in [0.15, 0.2) is 9.84 Å². The fourth-order valence-electron chi connectivity index (χ4n) is 4.37. The molecule has 5 rings (SSSR count). The van der Waals surface area contributed by atoms with Gasteiger partial charge in [0.05, 0.1) is 15.9 Å². The lowest BCUT2D eigenvalue weighted by Crippen LogP contribution is -2.11. The number of benzene rings is 4. The number of rotatable bonds is 5. The van der Waals surface area contributed by atoms with E-state index in [2.05, 4.69) is 10.6 Å². The van der Waals surface area contributed by atoms with Crippen LogP contribution < -0.4 is 5.73 Å². The second-order valence-corrected chi connectivity index (χ2v) is 10.8. The number of halogens is 1. The lowest BCUT2D eigenvalue weighted by molar-refractivity contribution is 0.100. The molecule has 170 valence electrons. The van der Waals surface area contributed by atoms with Crippen LogP contribution in [0.4, 0.5) is 0 Å². The summed E-state index contributed by atoms with van der Waals surface area (Å²) in [4.78, 5) is 12.5. The summed E-state index contributed by atoms with van der Waals surface area (Å²) in [6, 6.07) is 26.2. The number of sulfone groups is 1. The standard InChI is InChI=1S/C27H21ClN2O3S/c1-34(32,33)21-12-5-17(6-13-21)16-30-24-4-2-3-23(27(29)31)26(24)22-14-9-19(15-25(22)30)18-7-10-20(28)11-8-18/h2-15H,16H2,1H3,(H2,29,31). The first-order valence-electron chi connectivity index (χ1n) is 10.6. The number of aromatic nitrogens is 1. The van der Waals surface area contributed by atoms with Gasteiger partial charge < -0.3 is 10.3 Å². The van der Waals surface area contributed by atoms with Crippen LogP contribution >= 0.6 is 11.6 Å². The third kappa shape index (κ3) is 3.95. The van der Waals surface area contributed by atoms with Gasteiger partial charge in [0.1, 0.15) is 0 Å². The van der Waals surface area contributed by atoms with Gasteiger partial charge in [-0.05, 0) is 59.2 Å². The van der Waals surface area contributed by atoms with E-state index in [1.165, 1.54) is 6.26 Å². The molecule has 34 heavy (non-hydrogen) atoms. The van der Waals surface area contributed by atoms with Gasteiger partial charge in [-0.3, -0.25) is 4.79 Å². The minimum atomic E-state index is -3.27. The van der Waals surface area contributed by atoms with Crippen molar-refractivity contribution in [2.24, 2.45) is 5.73 Å². The van der Waals surface area contributed by atoms with E-state index in [4.69, 9.17) is 17.3 Å². The predicted octanol–water partition coefficient (Wildman–Crippen LogP) is 5.67. The van der Waals surface area contributed by atoms with Crippen LogP contribution in [0.5, 0.6) is 0 Å². The van der Waals surface area contributed by atoms with E-state index in [1.54, 1.807) is 18.2 Å². The number of nitrogens with two attached hydrogens (primary N) is 1. The van der Waals surface area contributed by atoms with Gasteiger partial charge >= 0.3 is 0 Å². The number of primary amides is 1. The van der Waals surface area contributed by atoms with Crippen LogP contribution in [0, 0.1) is 0 Å². The van der Waals surface area contributed by atoms with Crippen LogP contribution in [0.2, 0.25) is 5.02 Å². The summed E-state index contributed by atoms with van der Waals surface area (Å²) in [6.07, 6.45) is 1.19. The molecule has 1 heterocycles. The van der Waals surface area contributed by atoms with Gasteiger partial charge in [0.2, 0.25) is 5.91 Å². The Balaban J connectivity index is 1.73. The Bertz CT molecular complexity index is 1670. The Labute approximate surface area is 202 Å². The van der Waals surface area contributed by atoms with E-state index >= 15 is 0 Å². The molecule has 0 saturated heterocycles. The zero-order valence-corrected chi connectivity index (χ0v) is 19.9. The van der Waals surface area contributed by atoms with Crippen LogP contribution in [-0.4, -0.2) is 25.1 Å². The largest absolute Gasteiger partial charge is 0.366 e. The van der Waals surface area contributed by atoms with Crippen LogP contribution in [0.25, 0.3) is 32.9 Å². The zero-order chi connectivity index (χ0) is 24.0. The van der Waals surface area contributed by atoms with Gasteiger partial charge in [-0.15, -0.1) is 0 Å². The molecule has 2 N–H and O–H groups in total. The minimum Gasteiger partial charge on any atom is -0.366 e. The lowest BCUT2D eigenvalue weighted by atomic mass is 10.0. The SMILES string of the molecule is CS(=O)(=O)c1ccc(Cn2c3cc(-c4ccc(Cl)cc4)ccc3c3c(C(N)=O)cccc32)cc1. The predicted molar refractivity (Wildman–Crippen MR) is 137 cm³/mol. The van der Waals surface area contributed by atoms with Crippen molar-refractivity contribution in [3.63, 3.8) is 0 Å². The lowest BCUT2D eigenvalue weighted by Gasteiger charge is -2.10. The second kappa shape index (κ2) is 8.31. The molecule has 0 bridgehead atoms. The number of carbonyl (C=O) groups excluding carboxylic acids is 1. The molecule has 0 atom stereocenters. The van der Waals surface area contributed by atoms with Crippen molar-refractivity contribution in [1.82, 2.24) is 4.57 Å². The van der Waals surface area contributed by atoms with Gasteiger partial charge in [-0.2, -0.15) is 0 Å². The van der Waals surface area contributed by atoms with Gasteiger partial charge in [-0.1, -0.05) is 54.1 Å². The Morgan fingerprint density at radius 1 is 0.882 bits per heavy atom. The maximum Gasteiger partial charge on any atom is 0.249 e. The maximum absolute atomic E-state index is 12.2. The number of hydrogen-bond donors (Lipinski definition) is 1. The van der Waals surface area contributed by atoms with E-state index in [-0.39, 0.29) is 4.90 Å². The first-order chi connectivity index (χ1) is 16.2. The molecule has 0 aliphatic heterocycles. The number of amides is 1. The molecule has 0 unspecified atom stereocenters. The quantitative estimate of drug-likeness (QED) is 0.346. The summed E-state index contributed by atoms with van der Waals surface area (Å²) >= 11 is 6.06. The summed E-state index contributed by atoms with van der Waals surface area (Å²) in [5.74, 6) is -0.482. The van der Waals surface area contributed by atoms with Crippen LogP contribution in [0.15, 0.2) is 89.8 Å². The molecule has 0 radical (unpaired) electrons. The summed E-state index contributed by atoms with van der Waals surface area (Å²) in [6.45, 7) is 0.496. The number of nitrogens with zero attached hydrogens (tertiary/aromatic N) is 1. The molecule has 0 spiro atoms. The molecular formula is C27H21ClN2O3S. The second-order valence-electron chi connectivity index (χ2n) is 8.31. The molecule has 0 aliphatic carbocycles. The summed E-state index contributed by atoms with van der Waals surface area (Å²) < 4.78 is 25.8. The average Bonchev–Trinajstić information content (AvgIpc) is 3.12. The van der Waals surface area contributed by atoms with E-state index in [1.807, 2.05) is 60.7 Å². The van der Waals surface area contributed by atoms with Crippen molar-refractivity contribution < 1.29 is 13.2 Å². The molecular weight excluding hydrogens is 468 g/mol. The van der Waals surface area contributed by atoms with Gasteiger partial charge in [-0.25, -0.2) is 8.42 Å². The molecule has 4 aromatic carbocycles. The van der Waals surface area contributed by atoms with Crippen molar-refractivity contribution >= 4 is 49.2 Å². The maximum atomic E-state index is 12.2. The minimum absolute atomic E-state index is 0.277. The molecule has 0 fully saturated rings. The number of hydrogen-bond acceptors (Lipinski definition) is 3. The first kappa shape index (κ1) is 22.2. The van der Waals surface area contributed by atoms with Crippen molar-refractivity contribution in [2.75, 3.05) is 6.26 Å². The highest BCUT2D eigenvalue weighted by Crippen LogP contribution is 2.35. The molecule has 7 heteroatoms. The highest BCUT2D eigenvalue weighted by molar-refractivity contribution is 7.90. The average molecular weight is 489 g/mol. The Hall–Kier alpha value is -3.61. The molecule has 0 aliphatic rings. The zero-order valence-electron chi connectivity index (χ0n) is 18.3. The van der Waals surface area contributed by atoms with E-state index in [9.17, 15) is 13.2 Å². The third-order valence-corrected chi connectivity index (χ3v) is 7.41. The summed E-state index contributed by atoms with van der Waals surface area (Å²) in [5.41, 5.74) is 11.0. The summed E-state index contributed by atoms with van der Waals surface area (Å²) in [5, 5.41) is 2.40. The van der Waals surface area contributed by atoms with Crippen molar-refractivity contribution in [3.05, 3.63) is 101 Å². The van der Waals surface area contributed by atoms with Gasteiger partial charge in [0.25, 0.3) is 0 Å². The van der Waals surface area contributed by atoms with Gasteiger partial charge in [0, 0.05) is 34.2 Å². The fourth-order valence-corrected chi connectivity index (χ4v) is 5.12. The van der Waals surface area contributed by atoms with Crippen molar-refractivity contribution in [2.45, 2.75) is 11.4 Å². The molecule has 1 aromatic heterocycles. The molecule has 5 aromatic rings. The highest BCUT2D eigenvalue weighted by atomic mass is 35.5.